The number of hydrogen-bond donors (Lipinski definition) is 1. The normalized spacial score (nSPS) is 33.5. The van der Waals surface area contributed by atoms with Crippen molar-refractivity contribution in [3.05, 3.63) is 11.8 Å². The lowest BCUT2D eigenvalue weighted by molar-refractivity contribution is -0.0535. The van der Waals surface area contributed by atoms with Gasteiger partial charge in [-0.25, -0.2) is 0 Å². The van der Waals surface area contributed by atoms with Gasteiger partial charge in [0.1, 0.15) is 5.76 Å². The fourth-order valence-corrected chi connectivity index (χ4v) is 4.25. The highest BCUT2D eigenvalue weighted by atomic mass is 32.2. The lowest BCUT2D eigenvalue weighted by Crippen LogP contribution is -2.35. The first-order valence-corrected chi connectivity index (χ1v) is 8.34. The summed E-state index contributed by atoms with van der Waals surface area (Å²) in [5.74, 6) is -0.241. The molecule has 0 aromatic rings. The van der Waals surface area contributed by atoms with E-state index in [4.69, 9.17) is 5.11 Å². The van der Waals surface area contributed by atoms with Crippen molar-refractivity contribution in [3.63, 3.8) is 0 Å². The van der Waals surface area contributed by atoms with Crippen LogP contribution in [0.5, 0.6) is 0 Å². The van der Waals surface area contributed by atoms with Crippen molar-refractivity contribution in [3.8, 4) is 0 Å². The molecule has 0 aromatic heterocycles. The molecule has 4 nitrogen and oxygen atoms in total. The van der Waals surface area contributed by atoms with Gasteiger partial charge in [0.05, 0.1) is 0 Å². The van der Waals surface area contributed by atoms with E-state index in [1.807, 2.05) is 6.92 Å². The number of hydrogen-bond acceptors (Lipinski definition) is 4. The van der Waals surface area contributed by atoms with Gasteiger partial charge in [0.25, 0.3) is 0 Å². The Morgan fingerprint density at radius 3 is 2.67 bits per heavy atom. The highest BCUT2D eigenvalue weighted by molar-refractivity contribution is 7.87. The van der Waals surface area contributed by atoms with Crippen molar-refractivity contribution in [1.82, 2.24) is 0 Å². The van der Waals surface area contributed by atoms with Gasteiger partial charge in [-0.3, -0.25) is 0 Å². The smallest absolute Gasteiger partial charge is 0.396 e. The van der Waals surface area contributed by atoms with Crippen molar-refractivity contribution in [2.75, 3.05) is 6.61 Å². The van der Waals surface area contributed by atoms with Gasteiger partial charge in [-0.15, -0.1) is 0 Å². The first-order valence-electron chi connectivity index (χ1n) is 6.93. The Kier molecular flexibility index (Phi) is 4.32. The van der Waals surface area contributed by atoms with Crippen LogP contribution in [0.15, 0.2) is 11.8 Å². The van der Waals surface area contributed by atoms with Crippen LogP contribution in [0.3, 0.4) is 0 Å². The molecule has 0 heterocycles. The van der Waals surface area contributed by atoms with Gasteiger partial charge in [0, 0.05) is 12.5 Å². The minimum absolute atomic E-state index is 0.0216. The molecule has 2 rings (SSSR count). The van der Waals surface area contributed by atoms with Gasteiger partial charge >= 0.3 is 15.6 Å². The molecule has 2 aliphatic carbocycles. The topological polar surface area (TPSA) is 63.6 Å². The third-order valence-corrected chi connectivity index (χ3v) is 5.85. The van der Waals surface area contributed by atoms with Crippen LogP contribution in [0.25, 0.3) is 0 Å². The average molecular weight is 328 g/mol. The van der Waals surface area contributed by atoms with Gasteiger partial charge in [0.15, 0.2) is 0 Å². The molecule has 1 N–H and O–H groups in total. The number of rotatable bonds is 4. The number of alkyl halides is 3. The van der Waals surface area contributed by atoms with Gasteiger partial charge in [-0.05, 0) is 49.5 Å². The Labute approximate surface area is 122 Å². The second-order valence-electron chi connectivity index (χ2n) is 5.97. The lowest BCUT2D eigenvalue weighted by atomic mass is 9.66. The van der Waals surface area contributed by atoms with Crippen LogP contribution in [0.4, 0.5) is 13.2 Å². The van der Waals surface area contributed by atoms with E-state index in [-0.39, 0.29) is 29.6 Å². The second-order valence-corrected chi connectivity index (χ2v) is 7.51. The molecular formula is C13H19F3O4S. The minimum atomic E-state index is -5.61. The Hall–Kier alpha value is -0.760. The average Bonchev–Trinajstić information content (AvgIpc) is 2.66. The molecule has 2 aliphatic rings. The van der Waals surface area contributed by atoms with E-state index in [0.29, 0.717) is 19.3 Å². The molecule has 3 atom stereocenters. The highest BCUT2D eigenvalue weighted by Crippen LogP contribution is 2.57. The van der Waals surface area contributed by atoms with E-state index in [0.717, 1.165) is 12.8 Å². The summed E-state index contributed by atoms with van der Waals surface area (Å²) < 4.78 is 64.1. The molecule has 0 radical (unpaired) electrons. The monoisotopic (exact) mass is 328 g/mol. The number of halogens is 3. The summed E-state index contributed by atoms with van der Waals surface area (Å²) in [6, 6.07) is 0. The number of aliphatic hydroxyl groups is 1. The number of allylic oxidation sites excluding steroid dienone is 2. The van der Waals surface area contributed by atoms with E-state index >= 15 is 0 Å². The summed E-state index contributed by atoms with van der Waals surface area (Å²) in [5, 5.41) is 9.10. The maximum absolute atomic E-state index is 12.5. The minimum Gasteiger partial charge on any atom is -0.396 e. The lowest BCUT2D eigenvalue weighted by Gasteiger charge is -2.40. The molecule has 0 amide bonds. The Morgan fingerprint density at radius 2 is 2.10 bits per heavy atom. The molecular weight excluding hydrogens is 309 g/mol. The molecule has 0 spiro atoms. The van der Waals surface area contributed by atoms with Crippen molar-refractivity contribution in [1.29, 1.82) is 0 Å². The summed E-state index contributed by atoms with van der Waals surface area (Å²) in [6.45, 7) is 1.97. The second kappa shape index (κ2) is 5.46. The van der Waals surface area contributed by atoms with Crippen molar-refractivity contribution < 1.29 is 30.9 Å². The summed E-state index contributed by atoms with van der Waals surface area (Å²) >= 11 is 0. The van der Waals surface area contributed by atoms with Crippen LogP contribution in [-0.2, 0) is 14.3 Å². The zero-order valence-electron chi connectivity index (χ0n) is 11.7. The third-order valence-electron chi connectivity index (χ3n) is 4.87. The largest absolute Gasteiger partial charge is 0.534 e. The van der Waals surface area contributed by atoms with Gasteiger partial charge in [0.2, 0.25) is 0 Å². The first kappa shape index (κ1) is 16.6. The molecule has 21 heavy (non-hydrogen) atoms. The first-order chi connectivity index (χ1) is 9.62. The third kappa shape index (κ3) is 2.92. The van der Waals surface area contributed by atoms with E-state index in [1.165, 1.54) is 6.08 Å². The maximum atomic E-state index is 12.5. The van der Waals surface area contributed by atoms with E-state index < -0.39 is 15.6 Å². The van der Waals surface area contributed by atoms with Crippen molar-refractivity contribution in [2.24, 2.45) is 17.3 Å². The zero-order chi connectivity index (χ0) is 15.9. The van der Waals surface area contributed by atoms with Crippen LogP contribution in [0, 0.1) is 17.3 Å². The Bertz CT molecular complexity index is 526. The maximum Gasteiger partial charge on any atom is 0.534 e. The Morgan fingerprint density at radius 1 is 1.43 bits per heavy atom. The predicted molar refractivity (Wildman–Crippen MR) is 69.4 cm³/mol. The molecule has 0 aromatic carbocycles. The molecule has 8 heteroatoms. The molecule has 1 fully saturated rings. The molecule has 0 bridgehead atoms. The summed E-state index contributed by atoms with van der Waals surface area (Å²) in [7, 11) is -5.61. The van der Waals surface area contributed by atoms with Crippen LogP contribution in [0.2, 0.25) is 0 Å². The van der Waals surface area contributed by atoms with Crippen molar-refractivity contribution >= 4 is 10.1 Å². The van der Waals surface area contributed by atoms with Crippen molar-refractivity contribution in [2.45, 2.75) is 44.5 Å². The summed E-state index contributed by atoms with van der Waals surface area (Å²) in [5.41, 5.74) is -5.72. The van der Waals surface area contributed by atoms with E-state index in [9.17, 15) is 21.6 Å². The quantitative estimate of drug-likeness (QED) is 0.636. The van der Waals surface area contributed by atoms with Crippen LogP contribution >= 0.6 is 0 Å². The highest BCUT2D eigenvalue weighted by Gasteiger charge is 2.53. The fraction of sp³-hybridized carbons (Fsp3) is 0.846. The summed E-state index contributed by atoms with van der Waals surface area (Å²) in [6.07, 6.45) is 4.62. The molecule has 0 saturated heterocycles. The van der Waals surface area contributed by atoms with Gasteiger partial charge in [-0.1, -0.05) is 6.92 Å². The van der Waals surface area contributed by atoms with Crippen LogP contribution in [-0.4, -0.2) is 25.6 Å². The zero-order valence-corrected chi connectivity index (χ0v) is 12.5. The molecule has 0 aliphatic heterocycles. The number of fused-ring (bicyclic) bond motifs is 1. The standard InChI is InChI=1S/C13H19F3O4S/c1-12-7-2-3-11(20-21(18,19)13(14,15)16)10(12)5-4-9(12)6-8-17/h3,9-10,17H,2,4-8H2,1H3. The predicted octanol–water partition coefficient (Wildman–Crippen LogP) is 2.95. The summed E-state index contributed by atoms with van der Waals surface area (Å²) in [4.78, 5) is 0. The fourth-order valence-electron chi connectivity index (χ4n) is 3.72. The SMILES string of the molecule is CC12CCC=C(OS(=O)(=O)C(F)(F)F)C1CCC2CCO. The molecule has 3 unspecified atom stereocenters. The van der Waals surface area contributed by atoms with Crippen LogP contribution < -0.4 is 0 Å². The molecule has 1 saturated carbocycles. The number of aliphatic hydroxyl groups excluding tert-OH is 1. The van der Waals surface area contributed by atoms with E-state index in [2.05, 4.69) is 4.18 Å². The Balaban J connectivity index is 2.22. The van der Waals surface area contributed by atoms with E-state index in [1.54, 1.807) is 0 Å². The molecule has 122 valence electrons. The van der Waals surface area contributed by atoms with Gasteiger partial charge in [-0.2, -0.15) is 21.6 Å². The van der Waals surface area contributed by atoms with Gasteiger partial charge < -0.3 is 9.29 Å². The van der Waals surface area contributed by atoms with Crippen LogP contribution in [0.1, 0.15) is 39.0 Å².